The Bertz CT molecular complexity index is 463. The van der Waals surface area contributed by atoms with E-state index in [1.165, 1.54) is 27.7 Å². The van der Waals surface area contributed by atoms with Crippen LogP contribution in [0.3, 0.4) is 0 Å². The standard InChI is InChI=1S/C13H19NO8/c1-6(15)14-11-10(5-19-7(2)16)22-13(21-9(4)18)12(11)20-8(3)17/h10-13H,5H2,1-4H3,(H,14,15). The lowest BCUT2D eigenvalue weighted by Gasteiger charge is -2.23. The summed E-state index contributed by atoms with van der Waals surface area (Å²) in [5.41, 5.74) is 0. The van der Waals surface area contributed by atoms with E-state index in [0.29, 0.717) is 0 Å². The first-order valence-corrected chi connectivity index (χ1v) is 6.61. The van der Waals surface area contributed by atoms with Crippen LogP contribution in [0.15, 0.2) is 0 Å². The molecule has 0 radical (unpaired) electrons. The van der Waals surface area contributed by atoms with Crippen LogP contribution in [0.2, 0.25) is 0 Å². The fraction of sp³-hybridized carbons (Fsp3) is 0.692. The molecule has 0 aromatic heterocycles. The van der Waals surface area contributed by atoms with Crippen LogP contribution in [-0.2, 0) is 38.1 Å². The molecule has 0 aromatic rings. The van der Waals surface area contributed by atoms with Crippen molar-refractivity contribution < 1.29 is 38.1 Å². The van der Waals surface area contributed by atoms with Crippen molar-refractivity contribution in [1.82, 2.24) is 5.32 Å². The quantitative estimate of drug-likeness (QED) is 0.521. The lowest BCUT2D eigenvalue weighted by Crippen LogP contribution is -2.50. The van der Waals surface area contributed by atoms with E-state index in [0.717, 1.165) is 0 Å². The van der Waals surface area contributed by atoms with E-state index in [2.05, 4.69) is 5.32 Å². The number of ether oxygens (including phenoxy) is 4. The molecule has 9 nitrogen and oxygen atoms in total. The zero-order valence-corrected chi connectivity index (χ0v) is 12.8. The van der Waals surface area contributed by atoms with Gasteiger partial charge in [0.15, 0.2) is 6.10 Å². The molecule has 1 amide bonds. The average Bonchev–Trinajstić information content (AvgIpc) is 2.63. The molecule has 4 unspecified atom stereocenters. The number of rotatable bonds is 5. The van der Waals surface area contributed by atoms with E-state index in [1.807, 2.05) is 0 Å². The Labute approximate surface area is 127 Å². The molecule has 4 atom stereocenters. The maximum Gasteiger partial charge on any atom is 0.305 e. The van der Waals surface area contributed by atoms with Crippen LogP contribution in [0.4, 0.5) is 0 Å². The Kier molecular flexibility index (Phi) is 6.29. The van der Waals surface area contributed by atoms with Gasteiger partial charge in [0.25, 0.3) is 0 Å². The van der Waals surface area contributed by atoms with Crippen molar-refractivity contribution in [3.8, 4) is 0 Å². The van der Waals surface area contributed by atoms with Gasteiger partial charge in [-0.3, -0.25) is 19.2 Å². The molecule has 0 spiro atoms. The minimum atomic E-state index is -1.20. The molecule has 0 saturated carbocycles. The first-order valence-electron chi connectivity index (χ1n) is 6.61. The van der Waals surface area contributed by atoms with E-state index in [-0.39, 0.29) is 6.61 Å². The van der Waals surface area contributed by atoms with Crippen molar-refractivity contribution >= 4 is 23.8 Å². The second-order valence-corrected chi connectivity index (χ2v) is 4.76. The molecule has 1 heterocycles. The van der Waals surface area contributed by atoms with Gasteiger partial charge in [-0.15, -0.1) is 0 Å². The number of hydrogen-bond donors (Lipinski definition) is 1. The van der Waals surface area contributed by atoms with Crippen molar-refractivity contribution in [1.29, 1.82) is 0 Å². The Morgan fingerprint density at radius 2 is 1.55 bits per heavy atom. The molecule has 1 N–H and O–H groups in total. The van der Waals surface area contributed by atoms with Crippen LogP contribution in [0, 0.1) is 0 Å². The van der Waals surface area contributed by atoms with Gasteiger partial charge >= 0.3 is 17.9 Å². The molecule has 1 saturated heterocycles. The Balaban J connectivity index is 2.94. The molecule has 1 rings (SSSR count). The largest absolute Gasteiger partial charge is 0.463 e. The molecule has 0 aromatic carbocycles. The van der Waals surface area contributed by atoms with Crippen LogP contribution in [0.5, 0.6) is 0 Å². The third-order valence-corrected chi connectivity index (χ3v) is 2.74. The highest BCUT2D eigenvalue weighted by Crippen LogP contribution is 2.26. The Morgan fingerprint density at radius 1 is 0.955 bits per heavy atom. The second kappa shape index (κ2) is 7.74. The topological polar surface area (TPSA) is 117 Å². The van der Waals surface area contributed by atoms with Gasteiger partial charge in [-0.25, -0.2) is 0 Å². The lowest BCUT2D eigenvalue weighted by atomic mass is 10.1. The molecule has 22 heavy (non-hydrogen) atoms. The predicted molar refractivity (Wildman–Crippen MR) is 70.2 cm³/mol. The number of nitrogens with one attached hydrogen (secondary N) is 1. The van der Waals surface area contributed by atoms with Crippen LogP contribution >= 0.6 is 0 Å². The summed E-state index contributed by atoms with van der Waals surface area (Å²) in [6.07, 6.45) is -3.05. The highest BCUT2D eigenvalue weighted by Gasteiger charge is 2.49. The fourth-order valence-corrected chi connectivity index (χ4v) is 2.05. The summed E-state index contributed by atoms with van der Waals surface area (Å²) in [5.74, 6) is -2.21. The van der Waals surface area contributed by atoms with E-state index in [4.69, 9.17) is 18.9 Å². The molecule has 1 aliphatic rings. The number of amides is 1. The monoisotopic (exact) mass is 317 g/mol. The van der Waals surface area contributed by atoms with Crippen LogP contribution in [0.25, 0.3) is 0 Å². The molecular formula is C13H19NO8. The molecule has 124 valence electrons. The molecule has 1 aliphatic heterocycles. The summed E-state index contributed by atoms with van der Waals surface area (Å²) in [6, 6.07) is -0.815. The Morgan fingerprint density at radius 3 is 2.00 bits per heavy atom. The number of carbonyl (C=O) groups excluding carboxylic acids is 4. The number of carbonyl (C=O) groups is 4. The first kappa shape index (κ1) is 17.9. The smallest absolute Gasteiger partial charge is 0.305 e. The van der Waals surface area contributed by atoms with E-state index in [1.54, 1.807) is 0 Å². The van der Waals surface area contributed by atoms with Crippen LogP contribution in [0.1, 0.15) is 27.7 Å². The Hall–Kier alpha value is -2.16. The van der Waals surface area contributed by atoms with Crippen molar-refractivity contribution in [2.75, 3.05) is 6.61 Å². The summed E-state index contributed by atoms with van der Waals surface area (Å²) >= 11 is 0. The third-order valence-electron chi connectivity index (χ3n) is 2.74. The molecule has 0 aliphatic carbocycles. The van der Waals surface area contributed by atoms with Gasteiger partial charge in [-0.2, -0.15) is 0 Å². The summed E-state index contributed by atoms with van der Waals surface area (Å²) < 4.78 is 20.3. The zero-order chi connectivity index (χ0) is 16.9. The van der Waals surface area contributed by atoms with Crippen molar-refractivity contribution in [2.45, 2.75) is 52.2 Å². The van der Waals surface area contributed by atoms with Crippen LogP contribution < -0.4 is 5.32 Å². The normalized spacial score (nSPS) is 26.9. The summed E-state index contributed by atoms with van der Waals surface area (Å²) in [7, 11) is 0. The van der Waals surface area contributed by atoms with Gasteiger partial charge in [0.05, 0.1) is 0 Å². The first-order chi connectivity index (χ1) is 10.2. The van der Waals surface area contributed by atoms with E-state index in [9.17, 15) is 19.2 Å². The van der Waals surface area contributed by atoms with Crippen LogP contribution in [-0.4, -0.2) is 55.0 Å². The van der Waals surface area contributed by atoms with Gasteiger partial charge in [-0.05, 0) is 0 Å². The molecule has 9 heteroatoms. The fourth-order valence-electron chi connectivity index (χ4n) is 2.05. The summed E-state index contributed by atoms with van der Waals surface area (Å²) in [4.78, 5) is 44.6. The predicted octanol–water partition coefficient (Wildman–Crippen LogP) is -0.726. The minimum Gasteiger partial charge on any atom is -0.463 e. The van der Waals surface area contributed by atoms with Crippen molar-refractivity contribution in [2.24, 2.45) is 0 Å². The highest BCUT2D eigenvalue weighted by molar-refractivity contribution is 5.74. The van der Waals surface area contributed by atoms with Gasteiger partial charge in [0, 0.05) is 27.7 Å². The summed E-state index contributed by atoms with van der Waals surface area (Å²) in [5, 5.41) is 2.55. The van der Waals surface area contributed by atoms with Gasteiger partial charge in [0.2, 0.25) is 12.2 Å². The zero-order valence-electron chi connectivity index (χ0n) is 12.8. The SMILES string of the molecule is CC(=O)NC1C(COC(C)=O)OC(OC(C)=O)C1OC(C)=O. The maximum absolute atomic E-state index is 11.3. The summed E-state index contributed by atoms with van der Waals surface area (Å²) in [6.45, 7) is 4.65. The van der Waals surface area contributed by atoms with Gasteiger partial charge in [-0.1, -0.05) is 0 Å². The number of hydrogen-bond acceptors (Lipinski definition) is 8. The van der Waals surface area contributed by atoms with Crippen molar-refractivity contribution in [3.05, 3.63) is 0 Å². The molecule has 1 fully saturated rings. The lowest BCUT2D eigenvalue weighted by molar-refractivity contribution is -0.196. The van der Waals surface area contributed by atoms with E-state index < -0.39 is 48.4 Å². The number of esters is 3. The van der Waals surface area contributed by atoms with E-state index >= 15 is 0 Å². The van der Waals surface area contributed by atoms with Gasteiger partial charge in [0.1, 0.15) is 18.8 Å². The maximum atomic E-state index is 11.3. The van der Waals surface area contributed by atoms with Gasteiger partial charge < -0.3 is 24.3 Å². The highest BCUT2D eigenvalue weighted by atomic mass is 16.7. The second-order valence-electron chi connectivity index (χ2n) is 4.76. The third kappa shape index (κ3) is 5.32. The minimum absolute atomic E-state index is 0.185. The van der Waals surface area contributed by atoms with Crippen molar-refractivity contribution in [3.63, 3.8) is 0 Å². The molecular weight excluding hydrogens is 298 g/mol. The molecule has 0 bridgehead atoms. The average molecular weight is 317 g/mol.